The highest BCUT2D eigenvalue weighted by atomic mass is 19.1. The number of nitrogens with one attached hydrogen (secondary N) is 1. The Balaban J connectivity index is 1.92. The van der Waals surface area contributed by atoms with Gasteiger partial charge < -0.3 is 14.8 Å². The van der Waals surface area contributed by atoms with Gasteiger partial charge in [0.05, 0.1) is 31.8 Å². The second kappa shape index (κ2) is 8.89. The number of hydrogen-bond acceptors (Lipinski definition) is 3. The van der Waals surface area contributed by atoms with Crippen molar-refractivity contribution in [2.24, 2.45) is 0 Å². The molecular weight excluding hydrogens is 316 g/mol. The Morgan fingerprint density at radius 3 is 2.96 bits per heavy atom. The minimum Gasteiger partial charge on any atom is -0.379 e. The first-order valence-electron chi connectivity index (χ1n) is 8.01. The molecule has 6 heteroatoms. The van der Waals surface area contributed by atoms with E-state index in [-0.39, 0.29) is 30.0 Å². The number of halogens is 2. The maximum Gasteiger partial charge on any atom is 0.224 e. The summed E-state index contributed by atoms with van der Waals surface area (Å²) in [5, 5.41) is 2.80. The molecule has 0 aliphatic carbocycles. The van der Waals surface area contributed by atoms with Crippen molar-refractivity contribution in [3.8, 4) is 0 Å². The SMILES string of the molecule is CC(C)=CCO[C@@H]1CCOC[C@@H]1NC(=O)Cc1cc(F)ccc1F. The number of hydrogen-bond donors (Lipinski definition) is 1. The highest BCUT2D eigenvalue weighted by molar-refractivity contribution is 5.79. The average molecular weight is 339 g/mol. The molecule has 1 aliphatic rings. The number of benzene rings is 1. The Labute approximate surface area is 140 Å². The van der Waals surface area contributed by atoms with E-state index in [1.807, 2.05) is 19.9 Å². The van der Waals surface area contributed by atoms with Crippen LogP contribution in [0.4, 0.5) is 8.78 Å². The lowest BCUT2D eigenvalue weighted by Gasteiger charge is -2.32. The molecule has 0 saturated carbocycles. The summed E-state index contributed by atoms with van der Waals surface area (Å²) < 4.78 is 38.0. The third-order valence-electron chi connectivity index (χ3n) is 3.80. The van der Waals surface area contributed by atoms with Gasteiger partial charge in [-0.3, -0.25) is 4.79 Å². The van der Waals surface area contributed by atoms with Gasteiger partial charge in [-0.1, -0.05) is 11.6 Å². The Morgan fingerprint density at radius 2 is 2.21 bits per heavy atom. The van der Waals surface area contributed by atoms with E-state index >= 15 is 0 Å². The lowest BCUT2D eigenvalue weighted by molar-refractivity contribution is -0.125. The van der Waals surface area contributed by atoms with Crippen LogP contribution in [0, 0.1) is 11.6 Å². The van der Waals surface area contributed by atoms with E-state index in [0.29, 0.717) is 26.2 Å². The lowest BCUT2D eigenvalue weighted by atomic mass is 10.1. The summed E-state index contributed by atoms with van der Waals surface area (Å²) in [5.41, 5.74) is 1.19. The molecule has 0 radical (unpaired) electrons. The summed E-state index contributed by atoms with van der Waals surface area (Å²) in [6.45, 7) is 5.36. The van der Waals surface area contributed by atoms with Gasteiger partial charge in [0.15, 0.2) is 0 Å². The van der Waals surface area contributed by atoms with Crippen molar-refractivity contribution in [1.29, 1.82) is 0 Å². The van der Waals surface area contributed by atoms with Crippen LogP contribution in [0.2, 0.25) is 0 Å². The summed E-state index contributed by atoms with van der Waals surface area (Å²) >= 11 is 0. The first kappa shape index (κ1) is 18.5. The van der Waals surface area contributed by atoms with E-state index in [2.05, 4.69) is 5.32 Å². The van der Waals surface area contributed by atoms with Gasteiger partial charge in [-0.25, -0.2) is 8.78 Å². The molecule has 1 aliphatic heterocycles. The number of amides is 1. The van der Waals surface area contributed by atoms with Gasteiger partial charge in [0.2, 0.25) is 5.91 Å². The molecule has 0 unspecified atom stereocenters. The molecule has 1 aromatic rings. The second-order valence-electron chi connectivity index (χ2n) is 6.10. The molecule has 0 bridgehead atoms. The lowest BCUT2D eigenvalue weighted by Crippen LogP contribution is -2.51. The summed E-state index contributed by atoms with van der Waals surface area (Å²) in [5.74, 6) is -1.54. The molecule has 1 N–H and O–H groups in total. The van der Waals surface area contributed by atoms with Crippen LogP contribution < -0.4 is 5.32 Å². The maximum atomic E-state index is 13.6. The van der Waals surface area contributed by atoms with Crippen molar-refractivity contribution in [3.05, 3.63) is 47.0 Å². The van der Waals surface area contributed by atoms with E-state index < -0.39 is 11.6 Å². The largest absolute Gasteiger partial charge is 0.379 e. The number of ether oxygens (including phenoxy) is 2. The van der Waals surface area contributed by atoms with Gasteiger partial charge in [-0.05, 0) is 38.5 Å². The fourth-order valence-electron chi connectivity index (χ4n) is 2.50. The zero-order chi connectivity index (χ0) is 17.5. The molecule has 2 atom stereocenters. The zero-order valence-electron chi connectivity index (χ0n) is 14.0. The quantitative estimate of drug-likeness (QED) is 0.811. The highest BCUT2D eigenvalue weighted by Gasteiger charge is 2.28. The Kier molecular flexibility index (Phi) is 6.87. The molecule has 132 valence electrons. The van der Waals surface area contributed by atoms with E-state index in [9.17, 15) is 13.6 Å². The molecule has 1 aromatic carbocycles. The first-order chi connectivity index (χ1) is 11.5. The van der Waals surface area contributed by atoms with Gasteiger partial charge in [0.1, 0.15) is 11.6 Å². The van der Waals surface area contributed by atoms with Crippen molar-refractivity contribution in [3.63, 3.8) is 0 Å². The Bertz CT molecular complexity index is 600. The van der Waals surface area contributed by atoms with Crippen LogP contribution in [0.3, 0.4) is 0 Å². The second-order valence-corrected chi connectivity index (χ2v) is 6.10. The van der Waals surface area contributed by atoms with Crippen molar-refractivity contribution in [1.82, 2.24) is 5.32 Å². The topological polar surface area (TPSA) is 47.6 Å². The normalized spacial score (nSPS) is 20.5. The van der Waals surface area contributed by atoms with Gasteiger partial charge >= 0.3 is 0 Å². The van der Waals surface area contributed by atoms with E-state index in [1.54, 1.807) is 0 Å². The molecule has 4 nitrogen and oxygen atoms in total. The summed E-state index contributed by atoms with van der Waals surface area (Å²) in [7, 11) is 0. The fraction of sp³-hybridized carbons (Fsp3) is 0.500. The first-order valence-corrected chi connectivity index (χ1v) is 8.01. The van der Waals surface area contributed by atoms with Crippen LogP contribution in [0.25, 0.3) is 0 Å². The molecule has 0 aromatic heterocycles. The van der Waals surface area contributed by atoms with Gasteiger partial charge in [0.25, 0.3) is 0 Å². The number of carbonyl (C=O) groups is 1. The Morgan fingerprint density at radius 1 is 1.42 bits per heavy atom. The standard InChI is InChI=1S/C18H23F2NO3/c1-12(2)5-8-24-17-6-7-23-11-16(17)21-18(22)10-13-9-14(19)3-4-15(13)20/h3-5,9,16-17H,6-8,10-11H2,1-2H3,(H,21,22)/t16-,17+/m0/s1. The maximum absolute atomic E-state index is 13.6. The van der Waals surface area contributed by atoms with Crippen molar-refractivity contribution in [2.75, 3.05) is 19.8 Å². The predicted molar refractivity (Wildman–Crippen MR) is 86.6 cm³/mol. The molecule has 2 rings (SSSR count). The Hall–Kier alpha value is -1.79. The van der Waals surface area contributed by atoms with E-state index in [0.717, 1.165) is 23.8 Å². The van der Waals surface area contributed by atoms with Gasteiger partial charge in [0, 0.05) is 12.2 Å². The van der Waals surface area contributed by atoms with Crippen LogP contribution in [-0.4, -0.2) is 37.9 Å². The summed E-state index contributed by atoms with van der Waals surface area (Å²) in [6, 6.07) is 2.79. The van der Waals surface area contributed by atoms with E-state index in [4.69, 9.17) is 9.47 Å². The van der Waals surface area contributed by atoms with E-state index in [1.165, 1.54) is 0 Å². The minimum atomic E-state index is -0.595. The number of allylic oxidation sites excluding steroid dienone is 1. The zero-order valence-corrected chi connectivity index (χ0v) is 14.0. The summed E-state index contributed by atoms with van der Waals surface area (Å²) in [4.78, 5) is 12.1. The van der Waals surface area contributed by atoms with Crippen LogP contribution in [0.15, 0.2) is 29.8 Å². The van der Waals surface area contributed by atoms with Crippen LogP contribution in [-0.2, 0) is 20.7 Å². The third-order valence-corrected chi connectivity index (χ3v) is 3.80. The third kappa shape index (κ3) is 5.69. The van der Waals surface area contributed by atoms with Crippen molar-refractivity contribution in [2.45, 2.75) is 38.8 Å². The number of carbonyl (C=O) groups excluding carboxylic acids is 1. The molecular formula is C18H23F2NO3. The van der Waals surface area contributed by atoms with Crippen LogP contribution in [0.5, 0.6) is 0 Å². The van der Waals surface area contributed by atoms with Crippen molar-refractivity contribution >= 4 is 5.91 Å². The monoisotopic (exact) mass is 339 g/mol. The molecule has 1 fully saturated rings. The smallest absolute Gasteiger partial charge is 0.224 e. The predicted octanol–water partition coefficient (Wildman–Crippen LogP) is 2.76. The van der Waals surface area contributed by atoms with Crippen LogP contribution in [0.1, 0.15) is 25.8 Å². The minimum absolute atomic E-state index is 0.0336. The van der Waals surface area contributed by atoms with Gasteiger partial charge in [-0.15, -0.1) is 0 Å². The molecule has 0 spiro atoms. The van der Waals surface area contributed by atoms with Crippen LogP contribution >= 0.6 is 0 Å². The fourth-order valence-corrected chi connectivity index (χ4v) is 2.50. The molecule has 1 heterocycles. The molecule has 1 amide bonds. The van der Waals surface area contributed by atoms with Crippen molar-refractivity contribution < 1.29 is 23.0 Å². The molecule has 24 heavy (non-hydrogen) atoms. The molecule has 1 saturated heterocycles. The number of rotatable bonds is 6. The highest BCUT2D eigenvalue weighted by Crippen LogP contribution is 2.14. The van der Waals surface area contributed by atoms with Gasteiger partial charge in [-0.2, -0.15) is 0 Å². The summed E-state index contributed by atoms with van der Waals surface area (Å²) in [6.07, 6.45) is 2.27. The average Bonchev–Trinajstić information content (AvgIpc) is 2.52.